The Labute approximate surface area is 128 Å². The summed E-state index contributed by atoms with van der Waals surface area (Å²) < 4.78 is 2.00. The van der Waals surface area contributed by atoms with Crippen molar-refractivity contribution in [3.8, 4) is 0 Å². The van der Waals surface area contributed by atoms with Crippen LogP contribution in [0.3, 0.4) is 0 Å². The Bertz CT molecular complexity index is 580. The molecule has 2 aromatic rings. The number of nitrogens with one attached hydrogen (secondary N) is 1. The van der Waals surface area contributed by atoms with Crippen LogP contribution in [0.5, 0.6) is 0 Å². The average Bonchev–Trinajstić information content (AvgIpc) is 3.10. The highest BCUT2D eigenvalue weighted by molar-refractivity contribution is 6.28. The fourth-order valence-corrected chi connectivity index (χ4v) is 2.60. The van der Waals surface area contributed by atoms with E-state index >= 15 is 0 Å². The van der Waals surface area contributed by atoms with Gasteiger partial charge in [-0.15, -0.1) is 0 Å². The fourth-order valence-electron chi connectivity index (χ4n) is 2.44. The minimum atomic E-state index is 0.157. The molecule has 0 spiro atoms. The first-order valence-electron chi connectivity index (χ1n) is 7.09. The van der Waals surface area contributed by atoms with Crippen LogP contribution in [0, 0.1) is 0 Å². The predicted molar refractivity (Wildman–Crippen MR) is 81.6 cm³/mol. The van der Waals surface area contributed by atoms with E-state index in [0.717, 1.165) is 19.6 Å². The highest BCUT2D eigenvalue weighted by atomic mass is 35.5. The van der Waals surface area contributed by atoms with E-state index in [1.165, 1.54) is 12.8 Å². The van der Waals surface area contributed by atoms with Crippen molar-refractivity contribution in [2.75, 3.05) is 23.3 Å². The molecule has 112 valence electrons. The normalized spacial score (nSPS) is 16.2. The number of halogens is 1. The van der Waals surface area contributed by atoms with E-state index in [1.54, 1.807) is 12.5 Å². The molecule has 0 saturated carbocycles. The molecular formula is C13H18ClN7. The summed E-state index contributed by atoms with van der Waals surface area (Å²) in [4.78, 5) is 19.0. The Morgan fingerprint density at radius 2 is 2.10 bits per heavy atom. The summed E-state index contributed by atoms with van der Waals surface area (Å²) in [6, 6.07) is 0.157. The Kier molecular flexibility index (Phi) is 4.19. The van der Waals surface area contributed by atoms with Crippen LogP contribution >= 0.6 is 11.6 Å². The fraction of sp³-hybridized carbons (Fsp3) is 0.538. The number of hydrogen-bond donors (Lipinski definition) is 1. The third kappa shape index (κ3) is 3.60. The van der Waals surface area contributed by atoms with Gasteiger partial charge >= 0.3 is 0 Å². The van der Waals surface area contributed by atoms with E-state index in [9.17, 15) is 0 Å². The minimum Gasteiger partial charge on any atom is -0.350 e. The van der Waals surface area contributed by atoms with Crippen LogP contribution < -0.4 is 10.2 Å². The van der Waals surface area contributed by atoms with Gasteiger partial charge in [-0.1, -0.05) is 0 Å². The zero-order valence-electron chi connectivity index (χ0n) is 11.9. The van der Waals surface area contributed by atoms with Gasteiger partial charge in [0.1, 0.15) is 0 Å². The monoisotopic (exact) mass is 307 g/mol. The van der Waals surface area contributed by atoms with Gasteiger partial charge in [0.2, 0.25) is 17.2 Å². The van der Waals surface area contributed by atoms with Gasteiger partial charge in [-0.05, 0) is 31.4 Å². The smallest absolute Gasteiger partial charge is 0.231 e. The lowest BCUT2D eigenvalue weighted by molar-refractivity contribution is 0.614. The first-order chi connectivity index (χ1) is 10.2. The second kappa shape index (κ2) is 6.26. The molecule has 7 nitrogen and oxygen atoms in total. The van der Waals surface area contributed by atoms with Crippen molar-refractivity contribution in [2.24, 2.45) is 0 Å². The van der Waals surface area contributed by atoms with Gasteiger partial charge in [0.25, 0.3) is 0 Å². The van der Waals surface area contributed by atoms with E-state index in [-0.39, 0.29) is 11.3 Å². The zero-order valence-corrected chi connectivity index (χ0v) is 12.7. The van der Waals surface area contributed by atoms with Gasteiger partial charge in [-0.3, -0.25) is 0 Å². The van der Waals surface area contributed by atoms with Crippen molar-refractivity contribution in [1.82, 2.24) is 24.5 Å². The van der Waals surface area contributed by atoms with Gasteiger partial charge in [0.15, 0.2) is 0 Å². The molecule has 1 aliphatic heterocycles. The number of hydrogen-bond acceptors (Lipinski definition) is 6. The van der Waals surface area contributed by atoms with Gasteiger partial charge < -0.3 is 14.8 Å². The molecule has 1 saturated heterocycles. The van der Waals surface area contributed by atoms with E-state index in [0.29, 0.717) is 11.9 Å². The highest BCUT2D eigenvalue weighted by Gasteiger charge is 2.17. The van der Waals surface area contributed by atoms with Crippen LogP contribution in [0.15, 0.2) is 18.7 Å². The molecule has 1 atom stereocenters. The third-order valence-electron chi connectivity index (χ3n) is 3.40. The summed E-state index contributed by atoms with van der Waals surface area (Å²) in [6.45, 7) is 4.80. The van der Waals surface area contributed by atoms with Gasteiger partial charge in [0, 0.05) is 38.1 Å². The van der Waals surface area contributed by atoms with Crippen LogP contribution in [0.1, 0.15) is 19.8 Å². The Morgan fingerprint density at radius 3 is 2.81 bits per heavy atom. The molecule has 3 rings (SSSR count). The summed E-state index contributed by atoms with van der Waals surface area (Å²) in [6.07, 6.45) is 7.81. The quantitative estimate of drug-likeness (QED) is 0.908. The molecule has 2 aromatic heterocycles. The van der Waals surface area contributed by atoms with Crippen molar-refractivity contribution in [3.63, 3.8) is 0 Å². The van der Waals surface area contributed by atoms with E-state index in [1.807, 2.05) is 10.8 Å². The van der Waals surface area contributed by atoms with Gasteiger partial charge in [0.05, 0.1) is 6.33 Å². The highest BCUT2D eigenvalue weighted by Crippen LogP contribution is 2.18. The van der Waals surface area contributed by atoms with Crippen molar-refractivity contribution in [1.29, 1.82) is 0 Å². The molecular weight excluding hydrogens is 290 g/mol. The van der Waals surface area contributed by atoms with Crippen LogP contribution in [0.2, 0.25) is 5.28 Å². The maximum atomic E-state index is 6.01. The molecule has 0 aliphatic carbocycles. The second-order valence-corrected chi connectivity index (χ2v) is 5.57. The lowest BCUT2D eigenvalue weighted by Gasteiger charge is -2.18. The van der Waals surface area contributed by atoms with Gasteiger partial charge in [-0.2, -0.15) is 15.0 Å². The first kappa shape index (κ1) is 14.1. The molecule has 0 amide bonds. The van der Waals surface area contributed by atoms with Crippen LogP contribution in [0.25, 0.3) is 0 Å². The second-order valence-electron chi connectivity index (χ2n) is 5.23. The molecule has 1 N–H and O–H groups in total. The summed E-state index contributed by atoms with van der Waals surface area (Å²) in [5.41, 5.74) is 0. The van der Waals surface area contributed by atoms with E-state index in [4.69, 9.17) is 11.6 Å². The number of aromatic nitrogens is 5. The topological polar surface area (TPSA) is 71.8 Å². The summed E-state index contributed by atoms with van der Waals surface area (Å²) >= 11 is 6.01. The molecule has 8 heteroatoms. The minimum absolute atomic E-state index is 0.157. The molecule has 1 unspecified atom stereocenters. The van der Waals surface area contributed by atoms with Crippen molar-refractivity contribution < 1.29 is 0 Å². The van der Waals surface area contributed by atoms with Crippen LogP contribution in [-0.4, -0.2) is 43.6 Å². The molecule has 21 heavy (non-hydrogen) atoms. The largest absolute Gasteiger partial charge is 0.350 e. The predicted octanol–water partition coefficient (Wildman–Crippen LogP) is 1.82. The van der Waals surface area contributed by atoms with Crippen molar-refractivity contribution in [2.45, 2.75) is 32.4 Å². The van der Waals surface area contributed by atoms with Crippen molar-refractivity contribution >= 4 is 23.5 Å². The van der Waals surface area contributed by atoms with Crippen LogP contribution in [0.4, 0.5) is 11.9 Å². The number of rotatable bonds is 5. The standard InChI is InChI=1S/C13H18ClN7/c1-10(8-20-7-4-15-9-20)16-12-17-11(14)18-13(19-12)21-5-2-3-6-21/h4,7,9-10H,2-3,5-6,8H2,1H3,(H,16,17,18,19). The summed E-state index contributed by atoms with van der Waals surface area (Å²) in [5, 5.41) is 3.49. The molecule has 0 bridgehead atoms. The lowest BCUT2D eigenvalue weighted by Crippen LogP contribution is -2.25. The zero-order chi connectivity index (χ0) is 14.7. The molecule has 0 radical (unpaired) electrons. The average molecular weight is 308 g/mol. The first-order valence-corrected chi connectivity index (χ1v) is 7.47. The molecule has 0 aromatic carbocycles. The van der Waals surface area contributed by atoms with Crippen molar-refractivity contribution in [3.05, 3.63) is 24.0 Å². The van der Waals surface area contributed by atoms with Crippen LogP contribution in [-0.2, 0) is 6.54 Å². The SMILES string of the molecule is CC(Cn1ccnc1)Nc1nc(Cl)nc(N2CCCC2)n1. The summed E-state index contributed by atoms with van der Waals surface area (Å²) in [7, 11) is 0. The summed E-state index contributed by atoms with van der Waals surface area (Å²) in [5.74, 6) is 1.18. The maximum Gasteiger partial charge on any atom is 0.231 e. The lowest BCUT2D eigenvalue weighted by atomic mass is 10.3. The third-order valence-corrected chi connectivity index (χ3v) is 3.57. The number of imidazole rings is 1. The molecule has 1 aliphatic rings. The Hall–Kier alpha value is -1.89. The Morgan fingerprint density at radius 1 is 1.29 bits per heavy atom. The molecule has 1 fully saturated rings. The van der Waals surface area contributed by atoms with E-state index in [2.05, 4.69) is 37.1 Å². The van der Waals surface area contributed by atoms with E-state index < -0.39 is 0 Å². The maximum absolute atomic E-state index is 6.01. The number of nitrogens with zero attached hydrogens (tertiary/aromatic N) is 6. The number of anilines is 2. The van der Waals surface area contributed by atoms with Gasteiger partial charge in [-0.25, -0.2) is 4.98 Å². The Balaban J connectivity index is 1.69. The molecule has 3 heterocycles.